The molecule has 0 saturated heterocycles. The Morgan fingerprint density at radius 2 is 2.19 bits per heavy atom. The summed E-state index contributed by atoms with van der Waals surface area (Å²) in [6.07, 6.45) is 4.87. The van der Waals surface area contributed by atoms with Crippen molar-refractivity contribution in [2.45, 2.75) is 6.92 Å². The summed E-state index contributed by atoms with van der Waals surface area (Å²) < 4.78 is 1.59. The second kappa shape index (κ2) is 4.03. The third-order valence-corrected chi connectivity index (χ3v) is 2.42. The van der Waals surface area contributed by atoms with E-state index in [1.807, 2.05) is 30.3 Å². The van der Waals surface area contributed by atoms with E-state index < -0.39 is 0 Å². The van der Waals surface area contributed by atoms with Gasteiger partial charge in [-0.25, -0.2) is 0 Å². The van der Waals surface area contributed by atoms with E-state index in [0.29, 0.717) is 0 Å². The van der Waals surface area contributed by atoms with E-state index >= 15 is 0 Å². The van der Waals surface area contributed by atoms with E-state index in [1.54, 1.807) is 16.8 Å². The molecule has 0 aliphatic heterocycles. The molecule has 0 aliphatic rings. The molecule has 0 radical (unpaired) electrons. The number of para-hydroxylation sites is 1. The highest BCUT2D eigenvalue weighted by molar-refractivity contribution is 5.96. The van der Waals surface area contributed by atoms with Crippen molar-refractivity contribution in [1.82, 2.24) is 4.57 Å². The highest BCUT2D eigenvalue weighted by atomic mass is 16.1. The van der Waals surface area contributed by atoms with Gasteiger partial charge in [0.15, 0.2) is 0 Å². The van der Waals surface area contributed by atoms with Crippen LogP contribution >= 0.6 is 0 Å². The number of benzene rings is 1. The van der Waals surface area contributed by atoms with Crippen molar-refractivity contribution in [3.8, 4) is 6.07 Å². The fourth-order valence-corrected chi connectivity index (χ4v) is 1.73. The van der Waals surface area contributed by atoms with Crippen LogP contribution in [-0.4, -0.2) is 10.5 Å². The summed E-state index contributed by atoms with van der Waals surface area (Å²) >= 11 is 0. The largest absolute Gasteiger partial charge is 0.287 e. The molecule has 0 saturated carbocycles. The first-order valence-electron chi connectivity index (χ1n) is 4.91. The molecule has 3 heteroatoms. The molecule has 1 heterocycles. The van der Waals surface area contributed by atoms with Crippen molar-refractivity contribution >= 4 is 22.9 Å². The zero-order valence-electron chi connectivity index (χ0n) is 8.84. The van der Waals surface area contributed by atoms with E-state index in [2.05, 4.69) is 0 Å². The Morgan fingerprint density at radius 1 is 1.44 bits per heavy atom. The number of carbonyl (C=O) groups is 1. The molecule has 0 N–H and O–H groups in total. The Morgan fingerprint density at radius 3 is 2.88 bits per heavy atom. The van der Waals surface area contributed by atoms with Crippen LogP contribution in [0.1, 0.15) is 17.3 Å². The lowest BCUT2D eigenvalue weighted by Gasteiger charge is -1.96. The first-order valence-corrected chi connectivity index (χ1v) is 4.91. The molecular formula is C13H10N2O. The predicted molar refractivity (Wildman–Crippen MR) is 62.9 cm³/mol. The summed E-state index contributed by atoms with van der Waals surface area (Å²) in [5.41, 5.74) is 1.75. The van der Waals surface area contributed by atoms with Crippen LogP contribution < -0.4 is 0 Å². The third kappa shape index (κ3) is 1.61. The SMILES string of the molecule is CC(=O)n1cc(/C=C/C#N)c2ccccc21. The number of hydrogen-bond donors (Lipinski definition) is 0. The average molecular weight is 210 g/mol. The molecule has 1 aromatic heterocycles. The first kappa shape index (κ1) is 10.2. The molecule has 3 nitrogen and oxygen atoms in total. The molecule has 16 heavy (non-hydrogen) atoms. The maximum Gasteiger partial charge on any atom is 0.227 e. The number of rotatable bonds is 1. The minimum absolute atomic E-state index is 0.0344. The summed E-state index contributed by atoms with van der Waals surface area (Å²) in [7, 11) is 0. The molecule has 0 atom stereocenters. The number of nitriles is 1. The van der Waals surface area contributed by atoms with Crippen LogP contribution in [0.3, 0.4) is 0 Å². The van der Waals surface area contributed by atoms with Gasteiger partial charge in [0.2, 0.25) is 5.91 Å². The topological polar surface area (TPSA) is 45.8 Å². The Labute approximate surface area is 93.2 Å². The molecule has 1 aromatic carbocycles. The molecule has 0 amide bonds. The Kier molecular flexibility index (Phi) is 2.57. The lowest BCUT2D eigenvalue weighted by atomic mass is 10.2. The Bertz CT molecular complexity index is 614. The van der Waals surface area contributed by atoms with Gasteiger partial charge in [-0.3, -0.25) is 9.36 Å². The smallest absolute Gasteiger partial charge is 0.227 e. The van der Waals surface area contributed by atoms with Crippen molar-refractivity contribution < 1.29 is 4.79 Å². The van der Waals surface area contributed by atoms with Crippen LogP contribution in [0.25, 0.3) is 17.0 Å². The fraction of sp³-hybridized carbons (Fsp3) is 0.0769. The van der Waals surface area contributed by atoms with Crippen LogP contribution in [0.4, 0.5) is 0 Å². The van der Waals surface area contributed by atoms with Crippen LogP contribution in [0, 0.1) is 11.3 Å². The molecule has 0 bridgehead atoms. The van der Waals surface area contributed by atoms with Gasteiger partial charge in [-0.1, -0.05) is 18.2 Å². The van der Waals surface area contributed by atoms with E-state index in [1.165, 1.54) is 13.0 Å². The first-order chi connectivity index (χ1) is 7.74. The molecule has 0 spiro atoms. The summed E-state index contributed by atoms with van der Waals surface area (Å²) in [4.78, 5) is 11.4. The van der Waals surface area contributed by atoms with E-state index in [0.717, 1.165) is 16.5 Å². The number of allylic oxidation sites excluding steroid dienone is 1. The number of fused-ring (bicyclic) bond motifs is 1. The van der Waals surface area contributed by atoms with E-state index in [9.17, 15) is 4.79 Å². The van der Waals surface area contributed by atoms with Crippen LogP contribution in [0.5, 0.6) is 0 Å². The second-order valence-electron chi connectivity index (χ2n) is 3.45. The number of nitrogens with zero attached hydrogens (tertiary/aromatic N) is 2. The van der Waals surface area contributed by atoms with Gasteiger partial charge in [0.05, 0.1) is 11.6 Å². The molecule has 0 aliphatic carbocycles. The van der Waals surface area contributed by atoms with Crippen molar-refractivity contribution in [2.24, 2.45) is 0 Å². The normalized spacial score (nSPS) is 10.8. The number of carbonyl (C=O) groups excluding carboxylic acids is 1. The second-order valence-corrected chi connectivity index (χ2v) is 3.45. The average Bonchev–Trinajstić information content (AvgIpc) is 2.65. The number of aromatic nitrogens is 1. The van der Waals surface area contributed by atoms with Crippen LogP contribution in [0.15, 0.2) is 36.5 Å². The minimum Gasteiger partial charge on any atom is -0.287 e. The lowest BCUT2D eigenvalue weighted by Crippen LogP contribution is -2.02. The summed E-state index contributed by atoms with van der Waals surface area (Å²) in [5, 5.41) is 9.48. The molecule has 2 rings (SSSR count). The van der Waals surface area contributed by atoms with Gasteiger partial charge >= 0.3 is 0 Å². The standard InChI is InChI=1S/C13H10N2O/c1-10(16)15-9-11(5-4-8-14)12-6-2-3-7-13(12)15/h2-7,9H,1H3/b5-4+. The van der Waals surface area contributed by atoms with Crippen LogP contribution in [-0.2, 0) is 0 Å². The van der Waals surface area contributed by atoms with Gasteiger partial charge in [0.1, 0.15) is 0 Å². The molecule has 78 valence electrons. The lowest BCUT2D eigenvalue weighted by molar-refractivity contribution is 0.0941. The van der Waals surface area contributed by atoms with Crippen molar-refractivity contribution in [3.05, 3.63) is 42.1 Å². The Hall–Kier alpha value is -2.34. The highest BCUT2D eigenvalue weighted by Gasteiger charge is 2.07. The van der Waals surface area contributed by atoms with Crippen molar-refractivity contribution in [3.63, 3.8) is 0 Å². The molecule has 2 aromatic rings. The minimum atomic E-state index is -0.0344. The third-order valence-electron chi connectivity index (χ3n) is 2.42. The van der Waals surface area contributed by atoms with Crippen molar-refractivity contribution in [2.75, 3.05) is 0 Å². The molecule has 0 unspecified atom stereocenters. The predicted octanol–water partition coefficient (Wildman–Crippen LogP) is 2.84. The monoisotopic (exact) mass is 210 g/mol. The molecule has 0 fully saturated rings. The summed E-state index contributed by atoms with van der Waals surface area (Å²) in [6, 6.07) is 9.57. The quantitative estimate of drug-likeness (QED) is 0.679. The summed E-state index contributed by atoms with van der Waals surface area (Å²) in [6.45, 7) is 1.52. The Balaban J connectivity index is 2.72. The van der Waals surface area contributed by atoms with Crippen LogP contribution in [0.2, 0.25) is 0 Å². The van der Waals surface area contributed by atoms with Gasteiger partial charge in [0, 0.05) is 30.1 Å². The number of hydrogen-bond acceptors (Lipinski definition) is 2. The maximum absolute atomic E-state index is 11.4. The zero-order chi connectivity index (χ0) is 11.5. The summed E-state index contributed by atoms with van der Waals surface area (Å²) in [5.74, 6) is -0.0344. The zero-order valence-corrected chi connectivity index (χ0v) is 8.84. The van der Waals surface area contributed by atoms with Gasteiger partial charge in [-0.2, -0.15) is 5.26 Å². The van der Waals surface area contributed by atoms with E-state index in [4.69, 9.17) is 5.26 Å². The van der Waals surface area contributed by atoms with Gasteiger partial charge in [-0.05, 0) is 12.1 Å². The van der Waals surface area contributed by atoms with E-state index in [-0.39, 0.29) is 5.91 Å². The fourth-order valence-electron chi connectivity index (χ4n) is 1.73. The van der Waals surface area contributed by atoms with Gasteiger partial charge < -0.3 is 0 Å². The highest BCUT2D eigenvalue weighted by Crippen LogP contribution is 2.22. The van der Waals surface area contributed by atoms with Gasteiger partial charge in [0.25, 0.3) is 0 Å². The van der Waals surface area contributed by atoms with Crippen molar-refractivity contribution in [1.29, 1.82) is 5.26 Å². The molecular weight excluding hydrogens is 200 g/mol. The van der Waals surface area contributed by atoms with Gasteiger partial charge in [-0.15, -0.1) is 0 Å². The maximum atomic E-state index is 11.4.